The molecule has 0 amide bonds. The van der Waals surface area contributed by atoms with Gasteiger partial charge in [0.2, 0.25) is 0 Å². The summed E-state index contributed by atoms with van der Waals surface area (Å²) in [4.78, 5) is 11.8. The van der Waals surface area contributed by atoms with Crippen molar-refractivity contribution in [3.05, 3.63) is 40.8 Å². The topological polar surface area (TPSA) is 46.5 Å². The SMILES string of the molecule is CCOc1ccc(-c2cc(C(=O)O)cs2)cc1C. The second-order valence-corrected chi connectivity index (χ2v) is 4.83. The Hall–Kier alpha value is -1.81. The lowest BCUT2D eigenvalue weighted by atomic mass is 10.1. The molecular weight excluding hydrogens is 248 g/mol. The molecule has 2 aromatic rings. The number of carboxylic acid groups (broad SMARTS) is 1. The summed E-state index contributed by atoms with van der Waals surface area (Å²) in [5.74, 6) is -0.0172. The number of carboxylic acids is 1. The van der Waals surface area contributed by atoms with E-state index in [0.29, 0.717) is 12.2 Å². The highest BCUT2D eigenvalue weighted by Crippen LogP contribution is 2.30. The Kier molecular flexibility index (Phi) is 3.67. The molecular formula is C14H14O3S. The number of hydrogen-bond acceptors (Lipinski definition) is 3. The Labute approximate surface area is 110 Å². The number of benzene rings is 1. The van der Waals surface area contributed by atoms with Crippen molar-refractivity contribution in [3.63, 3.8) is 0 Å². The maximum Gasteiger partial charge on any atom is 0.336 e. The summed E-state index contributed by atoms with van der Waals surface area (Å²) in [5.41, 5.74) is 2.41. The van der Waals surface area contributed by atoms with Crippen LogP contribution in [0.25, 0.3) is 10.4 Å². The van der Waals surface area contributed by atoms with Crippen molar-refractivity contribution < 1.29 is 14.6 Å². The molecule has 1 aromatic heterocycles. The molecule has 0 fully saturated rings. The van der Waals surface area contributed by atoms with Crippen LogP contribution in [0.15, 0.2) is 29.6 Å². The Morgan fingerprint density at radius 3 is 2.72 bits per heavy atom. The standard InChI is InChI=1S/C14H14O3S/c1-3-17-12-5-4-10(6-9(12)2)13-7-11(8-18-13)14(15)16/h4-8H,3H2,1-2H3,(H,15,16). The summed E-state index contributed by atoms with van der Waals surface area (Å²) in [6, 6.07) is 7.59. The quantitative estimate of drug-likeness (QED) is 0.911. The van der Waals surface area contributed by atoms with Gasteiger partial charge in [-0.2, -0.15) is 0 Å². The fraction of sp³-hybridized carbons (Fsp3) is 0.214. The highest BCUT2D eigenvalue weighted by Gasteiger charge is 2.09. The van der Waals surface area contributed by atoms with Crippen LogP contribution >= 0.6 is 11.3 Å². The van der Waals surface area contributed by atoms with Gasteiger partial charge in [-0.25, -0.2) is 4.79 Å². The van der Waals surface area contributed by atoms with E-state index in [1.807, 2.05) is 32.0 Å². The molecule has 1 heterocycles. The molecule has 0 radical (unpaired) electrons. The predicted molar refractivity (Wildman–Crippen MR) is 72.6 cm³/mol. The maximum absolute atomic E-state index is 10.8. The lowest BCUT2D eigenvalue weighted by Crippen LogP contribution is -1.94. The van der Waals surface area contributed by atoms with Crippen molar-refractivity contribution in [1.82, 2.24) is 0 Å². The molecule has 4 heteroatoms. The zero-order valence-electron chi connectivity index (χ0n) is 10.3. The van der Waals surface area contributed by atoms with Gasteiger partial charge in [-0.3, -0.25) is 0 Å². The number of ether oxygens (including phenoxy) is 1. The van der Waals surface area contributed by atoms with Gasteiger partial charge in [-0.1, -0.05) is 0 Å². The van der Waals surface area contributed by atoms with E-state index in [1.165, 1.54) is 11.3 Å². The Bertz CT molecular complexity index is 572. The Balaban J connectivity index is 2.33. The average Bonchev–Trinajstić information content (AvgIpc) is 2.81. The fourth-order valence-corrected chi connectivity index (χ4v) is 2.60. The van der Waals surface area contributed by atoms with E-state index in [2.05, 4.69) is 0 Å². The number of thiophene rings is 1. The van der Waals surface area contributed by atoms with Crippen molar-refractivity contribution in [2.75, 3.05) is 6.61 Å². The molecule has 0 aliphatic rings. The van der Waals surface area contributed by atoms with Gasteiger partial charge >= 0.3 is 5.97 Å². The minimum absolute atomic E-state index is 0.335. The van der Waals surface area contributed by atoms with E-state index >= 15 is 0 Å². The molecule has 0 atom stereocenters. The van der Waals surface area contributed by atoms with Crippen molar-refractivity contribution in [2.45, 2.75) is 13.8 Å². The van der Waals surface area contributed by atoms with Crippen LogP contribution in [0, 0.1) is 6.92 Å². The van der Waals surface area contributed by atoms with Crippen LogP contribution in [0.4, 0.5) is 0 Å². The first kappa shape index (κ1) is 12.6. The zero-order valence-corrected chi connectivity index (χ0v) is 11.1. The number of aromatic carboxylic acids is 1. The third kappa shape index (κ3) is 2.54. The normalized spacial score (nSPS) is 10.3. The molecule has 0 spiro atoms. The lowest BCUT2D eigenvalue weighted by Gasteiger charge is -2.08. The number of hydrogen-bond donors (Lipinski definition) is 1. The molecule has 1 N–H and O–H groups in total. The number of carbonyl (C=O) groups is 1. The van der Waals surface area contributed by atoms with Gasteiger partial charge in [-0.05, 0) is 49.2 Å². The number of rotatable bonds is 4. The molecule has 0 saturated heterocycles. The first-order chi connectivity index (χ1) is 8.61. The van der Waals surface area contributed by atoms with E-state index in [9.17, 15) is 4.79 Å². The van der Waals surface area contributed by atoms with Crippen molar-refractivity contribution >= 4 is 17.3 Å². The summed E-state index contributed by atoms with van der Waals surface area (Å²) in [5, 5.41) is 10.6. The van der Waals surface area contributed by atoms with Crippen LogP contribution in [0.3, 0.4) is 0 Å². The molecule has 94 valence electrons. The van der Waals surface area contributed by atoms with Gasteiger partial charge in [0.15, 0.2) is 0 Å². The van der Waals surface area contributed by atoms with E-state index in [0.717, 1.165) is 21.8 Å². The second-order valence-electron chi connectivity index (χ2n) is 3.92. The minimum atomic E-state index is -0.889. The van der Waals surface area contributed by atoms with Crippen LogP contribution < -0.4 is 4.74 Å². The van der Waals surface area contributed by atoms with Gasteiger partial charge in [0, 0.05) is 10.3 Å². The average molecular weight is 262 g/mol. The Morgan fingerprint density at radius 2 is 2.17 bits per heavy atom. The molecule has 0 saturated carbocycles. The monoisotopic (exact) mass is 262 g/mol. The zero-order chi connectivity index (χ0) is 13.1. The minimum Gasteiger partial charge on any atom is -0.494 e. The summed E-state index contributed by atoms with van der Waals surface area (Å²) in [7, 11) is 0. The van der Waals surface area contributed by atoms with Crippen LogP contribution in [-0.4, -0.2) is 17.7 Å². The number of aryl methyl sites for hydroxylation is 1. The van der Waals surface area contributed by atoms with Gasteiger partial charge in [0.1, 0.15) is 5.75 Å². The first-order valence-corrected chi connectivity index (χ1v) is 6.55. The van der Waals surface area contributed by atoms with E-state index in [4.69, 9.17) is 9.84 Å². The molecule has 0 bridgehead atoms. The fourth-order valence-electron chi connectivity index (χ4n) is 1.72. The molecule has 0 unspecified atom stereocenters. The first-order valence-electron chi connectivity index (χ1n) is 5.67. The Morgan fingerprint density at radius 1 is 1.39 bits per heavy atom. The van der Waals surface area contributed by atoms with Gasteiger partial charge in [-0.15, -0.1) is 11.3 Å². The molecule has 0 aliphatic heterocycles. The molecule has 2 rings (SSSR count). The maximum atomic E-state index is 10.8. The van der Waals surface area contributed by atoms with Gasteiger partial charge in [0.25, 0.3) is 0 Å². The summed E-state index contributed by atoms with van der Waals surface area (Å²) in [6.07, 6.45) is 0. The predicted octanol–water partition coefficient (Wildman–Crippen LogP) is 3.82. The smallest absolute Gasteiger partial charge is 0.336 e. The van der Waals surface area contributed by atoms with Crippen molar-refractivity contribution in [2.24, 2.45) is 0 Å². The third-order valence-corrected chi connectivity index (χ3v) is 3.58. The van der Waals surface area contributed by atoms with E-state index < -0.39 is 5.97 Å². The van der Waals surface area contributed by atoms with E-state index in [-0.39, 0.29) is 0 Å². The molecule has 1 aromatic carbocycles. The highest BCUT2D eigenvalue weighted by atomic mass is 32.1. The highest BCUT2D eigenvalue weighted by molar-refractivity contribution is 7.13. The summed E-state index contributed by atoms with van der Waals surface area (Å²) in [6.45, 7) is 4.58. The van der Waals surface area contributed by atoms with Crippen molar-refractivity contribution in [3.8, 4) is 16.2 Å². The van der Waals surface area contributed by atoms with Gasteiger partial charge in [0.05, 0.1) is 12.2 Å². The van der Waals surface area contributed by atoms with Crippen LogP contribution in [0.2, 0.25) is 0 Å². The largest absolute Gasteiger partial charge is 0.494 e. The summed E-state index contributed by atoms with van der Waals surface area (Å²) < 4.78 is 5.48. The van der Waals surface area contributed by atoms with Crippen molar-refractivity contribution in [1.29, 1.82) is 0 Å². The van der Waals surface area contributed by atoms with E-state index in [1.54, 1.807) is 11.4 Å². The van der Waals surface area contributed by atoms with Gasteiger partial charge < -0.3 is 9.84 Å². The molecule has 0 aliphatic carbocycles. The van der Waals surface area contributed by atoms with Crippen LogP contribution in [0.5, 0.6) is 5.75 Å². The molecule has 3 nitrogen and oxygen atoms in total. The van der Waals surface area contributed by atoms with Crippen LogP contribution in [0.1, 0.15) is 22.8 Å². The summed E-state index contributed by atoms with van der Waals surface area (Å²) >= 11 is 1.44. The van der Waals surface area contributed by atoms with Crippen LogP contribution in [-0.2, 0) is 0 Å². The third-order valence-electron chi connectivity index (χ3n) is 2.61. The second kappa shape index (κ2) is 5.23. The lowest BCUT2D eigenvalue weighted by molar-refractivity contribution is 0.0697. The molecule has 18 heavy (non-hydrogen) atoms.